The number of aliphatic hydroxyl groups excluding tert-OH is 2. The van der Waals surface area contributed by atoms with Crippen molar-refractivity contribution in [1.82, 2.24) is 9.13 Å². The normalized spacial score (nSPS) is 28.2. The van der Waals surface area contributed by atoms with Gasteiger partial charge in [0.2, 0.25) is 34.5 Å². The minimum atomic E-state index is -3.98. The highest BCUT2D eigenvalue weighted by Crippen LogP contribution is 2.60. The number of hydrogen-bond donors (Lipinski definition) is 8. The number of aromatic nitrogens is 2. The standard InChI is InChI=1S/C35H31N3O14/c1-13(41)32(49)21(11-39)52-35(16(4)44,34(51,15(3)43)33(32,50)14(2)42)38-28-18(8-6-10-20(28)46)23-25-24(30(47)37(12-40)31(25)48)22-17-7-5-9-19(45)26(17)36-27(22)29(23)38/h5-10,21,39-40,46-51H,11-12H2,1-4H3/t21-,32-,33+,34-,35-/m1/s1. The molecule has 8 N–H and O–H groups in total. The van der Waals surface area contributed by atoms with E-state index in [0.717, 1.165) is 13.0 Å². The van der Waals surface area contributed by atoms with Crippen LogP contribution in [0.3, 0.4) is 0 Å². The fourth-order valence-electron chi connectivity index (χ4n) is 8.38. The Morgan fingerprint density at radius 1 is 0.846 bits per heavy atom. The molecule has 3 aliphatic rings. The van der Waals surface area contributed by atoms with E-state index in [0.29, 0.717) is 29.9 Å². The molecule has 0 radical (unpaired) electrons. The van der Waals surface area contributed by atoms with Crippen LogP contribution in [0.25, 0.3) is 38.2 Å². The Hall–Kier alpha value is -5.56. The van der Waals surface area contributed by atoms with Crippen molar-refractivity contribution in [2.75, 3.05) is 6.61 Å². The first kappa shape index (κ1) is 34.9. The smallest absolute Gasteiger partial charge is 0.246 e. The summed E-state index contributed by atoms with van der Waals surface area (Å²) >= 11 is 0. The van der Waals surface area contributed by atoms with Crippen molar-refractivity contribution in [3.8, 4) is 17.5 Å². The predicted octanol–water partition coefficient (Wildman–Crippen LogP) is 0.0174. The third-order valence-electron chi connectivity index (χ3n) is 10.6. The Bertz CT molecular complexity index is 2500. The minimum absolute atomic E-state index is 0.0691. The molecule has 4 heterocycles. The van der Waals surface area contributed by atoms with Gasteiger partial charge in [-0.25, -0.2) is 4.99 Å². The van der Waals surface area contributed by atoms with Crippen molar-refractivity contribution in [2.24, 2.45) is 4.99 Å². The number of para-hydroxylation sites is 1. The Balaban J connectivity index is 1.86. The number of benzene rings is 2. The van der Waals surface area contributed by atoms with Crippen molar-refractivity contribution in [1.29, 1.82) is 0 Å². The van der Waals surface area contributed by atoms with Gasteiger partial charge in [0, 0.05) is 21.9 Å². The van der Waals surface area contributed by atoms with Gasteiger partial charge in [-0.1, -0.05) is 24.3 Å². The number of hydrogen-bond acceptors (Lipinski definition) is 15. The van der Waals surface area contributed by atoms with Crippen LogP contribution in [0.2, 0.25) is 0 Å². The van der Waals surface area contributed by atoms with E-state index in [9.17, 15) is 64.8 Å². The number of rotatable bonds is 7. The van der Waals surface area contributed by atoms with Crippen molar-refractivity contribution in [3.63, 3.8) is 0 Å². The number of Topliss-reactive ketones (excluding diaryl/α,β-unsaturated/α-hetero) is 4. The lowest BCUT2D eigenvalue weighted by molar-refractivity contribution is -0.362. The van der Waals surface area contributed by atoms with Crippen LogP contribution >= 0.6 is 0 Å². The quantitative estimate of drug-likeness (QED) is 0.117. The zero-order chi connectivity index (χ0) is 38.2. The molecule has 2 aliphatic heterocycles. The number of aliphatic hydroxyl groups is 5. The molecule has 0 amide bonds. The summed E-state index contributed by atoms with van der Waals surface area (Å²) < 4.78 is 7.49. The monoisotopic (exact) mass is 717 g/mol. The van der Waals surface area contributed by atoms with E-state index in [-0.39, 0.29) is 44.1 Å². The van der Waals surface area contributed by atoms with Gasteiger partial charge < -0.3 is 45.6 Å². The highest BCUT2D eigenvalue weighted by Gasteiger charge is 2.84. The fourth-order valence-corrected chi connectivity index (χ4v) is 8.38. The third-order valence-corrected chi connectivity index (χ3v) is 10.6. The number of fused-ring (bicyclic) bond motifs is 10. The third kappa shape index (κ3) is 3.52. The van der Waals surface area contributed by atoms with Crippen LogP contribution in [0.15, 0.2) is 41.4 Å². The molecule has 7 rings (SSSR count). The number of ether oxygens (including phenoxy) is 1. The molecule has 2 aromatic carbocycles. The summed E-state index contributed by atoms with van der Waals surface area (Å²) in [5, 5.41) is 91.8. The molecule has 0 bridgehead atoms. The van der Waals surface area contributed by atoms with Crippen LogP contribution in [0.4, 0.5) is 5.69 Å². The second-order valence-corrected chi connectivity index (χ2v) is 13.0. The summed E-state index contributed by atoms with van der Waals surface area (Å²) in [5.74, 6) is -8.83. The Morgan fingerprint density at radius 2 is 1.48 bits per heavy atom. The molecule has 17 nitrogen and oxygen atoms in total. The summed E-state index contributed by atoms with van der Waals surface area (Å²) in [5.41, 5.74) is -16.4. The first-order chi connectivity index (χ1) is 24.4. The van der Waals surface area contributed by atoms with E-state index in [1.807, 2.05) is 0 Å². The maximum absolute atomic E-state index is 14.5. The van der Waals surface area contributed by atoms with Gasteiger partial charge in [0.25, 0.3) is 0 Å². The van der Waals surface area contributed by atoms with Gasteiger partial charge in [-0.15, -0.1) is 0 Å². The molecule has 1 fully saturated rings. The molecule has 0 spiro atoms. The maximum Gasteiger partial charge on any atom is 0.246 e. The van der Waals surface area contributed by atoms with Crippen molar-refractivity contribution >= 4 is 78.5 Å². The van der Waals surface area contributed by atoms with Crippen molar-refractivity contribution in [2.45, 2.75) is 63.1 Å². The molecule has 2 aromatic heterocycles. The SMILES string of the molecule is CC(=O)[C@@]1(O)[C@](O)(C(C)=O)[C@](C(C)=O)(n2c3c(O)cccc3c3c4c(O)n(CO)c(O)c4c4c(c32)N=C2C(=O)C=CC=C24)O[C@H](CO)[C@]1(O)C(C)=O. The minimum Gasteiger partial charge on any atom is -0.506 e. The molecule has 4 aromatic rings. The Kier molecular flexibility index (Phi) is 7.20. The number of phenolic OH excluding ortho intramolecular Hbond substituents is 1. The molecule has 0 saturated carbocycles. The highest BCUT2D eigenvalue weighted by molar-refractivity contribution is 6.63. The van der Waals surface area contributed by atoms with Gasteiger partial charge in [0.15, 0.2) is 28.7 Å². The molecule has 1 saturated heterocycles. The lowest BCUT2D eigenvalue weighted by Crippen LogP contribution is -2.90. The van der Waals surface area contributed by atoms with E-state index >= 15 is 0 Å². The Labute approximate surface area is 291 Å². The van der Waals surface area contributed by atoms with Crippen LogP contribution in [-0.4, -0.2) is 114 Å². The second kappa shape index (κ2) is 10.7. The number of carbonyl (C=O) groups excluding carboxylic acids is 5. The molecule has 1 aliphatic carbocycles. The number of ketones is 5. The van der Waals surface area contributed by atoms with Crippen LogP contribution < -0.4 is 0 Å². The topological polar surface area (TPSA) is 279 Å². The molecule has 0 unspecified atom stereocenters. The Morgan fingerprint density at radius 3 is 2.04 bits per heavy atom. The summed E-state index contributed by atoms with van der Waals surface area (Å²) in [6.45, 7) is 0.344. The number of carbonyl (C=O) groups is 5. The summed E-state index contributed by atoms with van der Waals surface area (Å²) in [4.78, 5) is 73.1. The number of allylic oxidation sites excluding steroid dienone is 4. The molecule has 52 heavy (non-hydrogen) atoms. The highest BCUT2D eigenvalue weighted by atomic mass is 16.6. The predicted molar refractivity (Wildman–Crippen MR) is 179 cm³/mol. The molecule has 17 heteroatoms. The van der Waals surface area contributed by atoms with E-state index in [4.69, 9.17) is 4.74 Å². The molecule has 270 valence electrons. The van der Waals surface area contributed by atoms with Crippen molar-refractivity contribution in [3.05, 3.63) is 42.0 Å². The van der Waals surface area contributed by atoms with E-state index in [1.165, 1.54) is 30.4 Å². The second-order valence-electron chi connectivity index (χ2n) is 13.0. The fraction of sp³-hybridized carbons (Fsp3) is 0.314. The van der Waals surface area contributed by atoms with Crippen molar-refractivity contribution < 1.29 is 69.6 Å². The number of nitrogens with zero attached hydrogens (tertiary/aromatic N) is 3. The number of aliphatic imine (C=N–C) groups is 1. The zero-order valence-electron chi connectivity index (χ0n) is 27.8. The van der Waals surface area contributed by atoms with E-state index < -0.39 is 99.4 Å². The van der Waals surface area contributed by atoms with Gasteiger partial charge in [-0.2, -0.15) is 0 Å². The first-order valence-corrected chi connectivity index (χ1v) is 15.8. The lowest BCUT2D eigenvalue weighted by atomic mass is 9.56. The van der Waals surface area contributed by atoms with Gasteiger partial charge in [-0.3, -0.25) is 33.1 Å². The van der Waals surface area contributed by atoms with Gasteiger partial charge >= 0.3 is 0 Å². The average molecular weight is 718 g/mol. The van der Waals surface area contributed by atoms with Gasteiger partial charge in [0.1, 0.15) is 24.3 Å². The number of phenols is 1. The maximum atomic E-state index is 14.5. The number of aromatic hydroxyl groups is 3. The van der Waals surface area contributed by atoms with Crippen LogP contribution in [0.5, 0.6) is 17.5 Å². The van der Waals surface area contributed by atoms with Crippen LogP contribution in [0.1, 0.15) is 33.3 Å². The largest absolute Gasteiger partial charge is 0.506 e. The molecular weight excluding hydrogens is 686 g/mol. The lowest BCUT2D eigenvalue weighted by Gasteiger charge is -2.61. The summed E-state index contributed by atoms with van der Waals surface area (Å²) in [6, 6.07) is 3.80. The first-order valence-electron chi connectivity index (χ1n) is 15.8. The average Bonchev–Trinajstić information content (AvgIpc) is 3.72. The summed E-state index contributed by atoms with van der Waals surface area (Å²) in [7, 11) is 0. The van der Waals surface area contributed by atoms with E-state index in [1.54, 1.807) is 0 Å². The summed E-state index contributed by atoms with van der Waals surface area (Å²) in [6.07, 6.45) is 1.56. The van der Waals surface area contributed by atoms with Crippen LogP contribution in [0, 0.1) is 0 Å². The van der Waals surface area contributed by atoms with Gasteiger partial charge in [-0.05, 0) is 39.8 Å². The molecular formula is C35H31N3O14. The van der Waals surface area contributed by atoms with Gasteiger partial charge in [0.05, 0.1) is 34.1 Å². The van der Waals surface area contributed by atoms with E-state index in [2.05, 4.69) is 4.99 Å². The van der Waals surface area contributed by atoms with Crippen LogP contribution in [-0.2, 0) is 41.2 Å². The molecule has 5 atom stereocenters. The zero-order valence-corrected chi connectivity index (χ0v) is 27.8.